The third-order valence-electron chi connectivity index (χ3n) is 5.53. The summed E-state index contributed by atoms with van der Waals surface area (Å²) in [5.74, 6) is -0.812. The molecule has 0 aliphatic carbocycles. The van der Waals surface area contributed by atoms with E-state index in [1.165, 1.54) is 19.2 Å². The predicted octanol–water partition coefficient (Wildman–Crippen LogP) is 11.2. The Labute approximate surface area is 292 Å². The van der Waals surface area contributed by atoms with Crippen molar-refractivity contribution in [3.8, 4) is 0 Å². The largest absolute Gasteiger partial charge is 0.372 e. The molecule has 264 valence electrons. The molecule has 0 heterocycles. The van der Waals surface area contributed by atoms with Crippen LogP contribution >= 0.6 is 0 Å². The van der Waals surface area contributed by atoms with Gasteiger partial charge in [0.05, 0.1) is 40.6 Å². The third kappa shape index (κ3) is 15.8. The standard InChI is InChI=1S/C25H27N25O2/c1-4-18-50(5-2)24-16-14-23(15-17-24)30-29-22-12-10-21(11-13-22)28-27-20-8-6-19(7-9-20)25(51)52-49-48-47-46-45-44-43-42-41-40-39-38-37-36-35-34-33-32-31-26-3/h6-17H,4-5,18H2,1-3H3. The number of hydrogen-bond donors (Lipinski definition) is 0. The molecule has 0 radical (unpaired) electrons. The summed E-state index contributed by atoms with van der Waals surface area (Å²) in [6, 6.07) is 21.2. The molecule has 0 N–H and O–H groups in total. The van der Waals surface area contributed by atoms with Crippen LogP contribution in [0.15, 0.2) is 198 Å². The van der Waals surface area contributed by atoms with E-state index in [1.54, 1.807) is 36.4 Å². The summed E-state index contributed by atoms with van der Waals surface area (Å²) in [6.07, 6.45) is 1.08. The minimum absolute atomic E-state index is 0.170. The van der Waals surface area contributed by atoms with Crippen LogP contribution in [0.3, 0.4) is 0 Å². The molecule has 3 rings (SSSR count). The highest BCUT2D eigenvalue weighted by Crippen LogP contribution is 2.25. The second-order valence-corrected chi connectivity index (χ2v) is 8.83. The Morgan fingerprint density at radius 3 is 1.21 bits per heavy atom. The molecule has 0 aliphatic rings. The van der Waals surface area contributed by atoms with E-state index in [1.807, 2.05) is 24.3 Å². The van der Waals surface area contributed by atoms with Gasteiger partial charge in [0, 0.05) is 71.0 Å². The summed E-state index contributed by atoms with van der Waals surface area (Å²) in [5, 5.41) is 78.7. The van der Waals surface area contributed by atoms with Crippen LogP contribution in [-0.2, 0) is 4.84 Å². The Morgan fingerprint density at radius 2 is 0.846 bits per heavy atom. The van der Waals surface area contributed by atoms with Crippen molar-refractivity contribution >= 4 is 34.4 Å². The molecule has 0 amide bonds. The number of hydrogen-bond acceptors (Lipinski definition) is 9. The zero-order valence-corrected chi connectivity index (χ0v) is 27.5. The van der Waals surface area contributed by atoms with Crippen molar-refractivity contribution in [3.63, 3.8) is 0 Å². The Balaban J connectivity index is 1.36. The monoisotopic (exact) mass is 709 g/mol. The highest BCUT2D eigenvalue weighted by Gasteiger charge is 2.07. The van der Waals surface area contributed by atoms with Gasteiger partial charge < -0.3 is 4.90 Å². The van der Waals surface area contributed by atoms with Crippen molar-refractivity contribution in [1.82, 2.24) is 0 Å². The molecular formula is C25H27N25O2. The normalized spacial score (nSPS) is 13.1. The maximum atomic E-state index is 12.1. The van der Waals surface area contributed by atoms with Crippen LogP contribution in [0.1, 0.15) is 30.6 Å². The van der Waals surface area contributed by atoms with Crippen molar-refractivity contribution in [1.29, 1.82) is 0 Å². The average Bonchev–Trinajstić information content (AvgIpc) is 3.18. The van der Waals surface area contributed by atoms with E-state index < -0.39 is 5.97 Å². The Morgan fingerprint density at radius 1 is 0.500 bits per heavy atom. The van der Waals surface area contributed by atoms with Crippen LogP contribution in [0, 0.1) is 0 Å². The molecule has 0 unspecified atom stereocenters. The Hall–Kier alpha value is -7.87. The minimum atomic E-state index is -0.812. The second kappa shape index (κ2) is 24.3. The van der Waals surface area contributed by atoms with Gasteiger partial charge in [0.15, 0.2) is 0 Å². The van der Waals surface area contributed by atoms with E-state index in [-0.39, 0.29) is 5.56 Å². The van der Waals surface area contributed by atoms with Gasteiger partial charge in [-0.3, -0.25) is 4.84 Å². The quantitative estimate of drug-likeness (QED) is 0.0865. The molecule has 0 spiro atoms. The predicted molar refractivity (Wildman–Crippen MR) is 176 cm³/mol. The van der Waals surface area contributed by atoms with Gasteiger partial charge in [0.25, 0.3) is 0 Å². The van der Waals surface area contributed by atoms with Gasteiger partial charge in [-0.25, -0.2) is 4.79 Å². The molecule has 52 heavy (non-hydrogen) atoms. The van der Waals surface area contributed by atoms with Gasteiger partial charge in [0.1, 0.15) is 0 Å². The topological polar surface area (TPSA) is 326 Å². The van der Waals surface area contributed by atoms with Crippen LogP contribution in [0.2, 0.25) is 0 Å². The second-order valence-electron chi connectivity index (χ2n) is 8.83. The first-order valence-electron chi connectivity index (χ1n) is 14.6. The number of nitrogens with zero attached hydrogens (tertiary/aromatic N) is 25. The SMILES string of the molecule is CCCN(CC)c1ccc(N=Nc2ccc(N=Nc3ccc(C(=O)ON=NN=NN=NN=NN=NN=NN=NN=NN=NN=NC)cc3)cc2)cc1. The number of rotatable bonds is 19. The number of carbonyl (C=O) groups is 1. The summed E-state index contributed by atoms with van der Waals surface area (Å²) in [4.78, 5) is 19.0. The summed E-state index contributed by atoms with van der Waals surface area (Å²) >= 11 is 0. The maximum Gasteiger partial charge on any atom is 0.367 e. The lowest BCUT2D eigenvalue weighted by Gasteiger charge is -2.22. The molecule has 0 atom stereocenters. The molecule has 0 saturated heterocycles. The van der Waals surface area contributed by atoms with Crippen LogP contribution in [0.4, 0.5) is 28.4 Å². The summed E-state index contributed by atoms with van der Waals surface area (Å²) in [6.45, 7) is 6.25. The van der Waals surface area contributed by atoms with Crippen molar-refractivity contribution < 1.29 is 9.63 Å². The number of anilines is 1. The first-order valence-corrected chi connectivity index (χ1v) is 14.6. The number of azo groups is 2. The van der Waals surface area contributed by atoms with E-state index in [9.17, 15) is 4.79 Å². The summed E-state index contributed by atoms with van der Waals surface area (Å²) < 4.78 is 0. The van der Waals surface area contributed by atoms with Crippen LogP contribution < -0.4 is 4.90 Å². The fraction of sp³-hybridized carbons (Fsp3) is 0.240. The lowest BCUT2D eigenvalue weighted by atomic mass is 10.2. The lowest BCUT2D eigenvalue weighted by Crippen LogP contribution is -2.23. The van der Waals surface area contributed by atoms with Gasteiger partial charge >= 0.3 is 5.97 Å². The van der Waals surface area contributed by atoms with Gasteiger partial charge in [-0.2, -0.15) is 25.6 Å². The minimum Gasteiger partial charge on any atom is -0.372 e. The number of carbonyl (C=O) groups excluding carboxylic acids is 1. The molecule has 0 aromatic heterocycles. The lowest BCUT2D eigenvalue weighted by molar-refractivity contribution is 0.0475. The van der Waals surface area contributed by atoms with Gasteiger partial charge in [-0.1, -0.05) is 6.92 Å². The Kier molecular flexibility index (Phi) is 18.0. The molecular weight excluding hydrogens is 682 g/mol. The van der Waals surface area contributed by atoms with Gasteiger partial charge in [-0.15, -0.1) is 0 Å². The van der Waals surface area contributed by atoms with Crippen LogP contribution in [0.5, 0.6) is 0 Å². The van der Waals surface area contributed by atoms with Gasteiger partial charge in [-0.05, 0) is 128 Å². The molecule has 0 aliphatic heterocycles. The zero-order valence-electron chi connectivity index (χ0n) is 27.5. The fourth-order valence-electron chi connectivity index (χ4n) is 3.40. The van der Waals surface area contributed by atoms with E-state index in [4.69, 9.17) is 0 Å². The zero-order chi connectivity index (χ0) is 36.9. The fourth-order valence-corrected chi connectivity index (χ4v) is 3.40. The van der Waals surface area contributed by atoms with Crippen molar-refractivity contribution in [2.24, 2.45) is 125 Å². The highest BCUT2D eigenvalue weighted by atomic mass is 16.7. The third-order valence-corrected chi connectivity index (χ3v) is 5.53. The van der Waals surface area contributed by atoms with E-state index in [0.29, 0.717) is 17.1 Å². The number of benzene rings is 3. The molecule has 3 aromatic rings. The molecule has 27 nitrogen and oxygen atoms in total. The first-order chi connectivity index (χ1) is 25.6. The van der Waals surface area contributed by atoms with Crippen LogP contribution in [0.25, 0.3) is 0 Å². The molecule has 0 fully saturated rings. The van der Waals surface area contributed by atoms with E-state index >= 15 is 0 Å². The van der Waals surface area contributed by atoms with Crippen molar-refractivity contribution in [3.05, 3.63) is 78.4 Å². The smallest absolute Gasteiger partial charge is 0.367 e. The first kappa shape index (κ1) is 38.6. The summed E-state index contributed by atoms with van der Waals surface area (Å²) in [5.41, 5.74) is 3.86. The molecule has 27 heteroatoms. The average molecular weight is 710 g/mol. The van der Waals surface area contributed by atoms with E-state index in [0.717, 1.165) is 30.9 Å². The van der Waals surface area contributed by atoms with Crippen molar-refractivity contribution in [2.75, 3.05) is 25.0 Å². The van der Waals surface area contributed by atoms with E-state index in [2.05, 4.69) is 148 Å². The Bertz CT molecular complexity index is 1880. The maximum absolute atomic E-state index is 12.1. The summed E-state index contributed by atoms with van der Waals surface area (Å²) in [7, 11) is 1.39. The van der Waals surface area contributed by atoms with Crippen LogP contribution in [-0.4, -0.2) is 26.1 Å². The van der Waals surface area contributed by atoms with Crippen molar-refractivity contribution in [2.45, 2.75) is 20.3 Å². The molecule has 0 saturated carbocycles. The molecule has 0 bridgehead atoms. The molecule has 3 aromatic carbocycles. The highest BCUT2D eigenvalue weighted by molar-refractivity contribution is 5.89. The van der Waals surface area contributed by atoms with Gasteiger partial charge in [0.2, 0.25) is 0 Å².